The second-order valence-corrected chi connectivity index (χ2v) is 5.14. The van der Waals surface area contributed by atoms with Gasteiger partial charge in [0.25, 0.3) is 0 Å². The number of hydrogen-bond acceptors (Lipinski definition) is 4. The monoisotopic (exact) mass is 313 g/mol. The molecule has 0 aliphatic rings. The van der Waals surface area contributed by atoms with Crippen molar-refractivity contribution in [2.45, 2.75) is 6.54 Å². The predicted molar refractivity (Wildman–Crippen MR) is 86.6 cm³/mol. The van der Waals surface area contributed by atoms with Crippen LogP contribution in [0, 0.1) is 0 Å². The van der Waals surface area contributed by atoms with Crippen LogP contribution in [0.2, 0.25) is 0 Å². The molecule has 6 nitrogen and oxygen atoms in total. The van der Waals surface area contributed by atoms with Gasteiger partial charge in [-0.1, -0.05) is 30.3 Å². The molecule has 0 fully saturated rings. The number of ether oxygens (including phenoxy) is 1. The van der Waals surface area contributed by atoms with Gasteiger partial charge < -0.3 is 16.2 Å². The summed E-state index contributed by atoms with van der Waals surface area (Å²) in [6.45, 7) is 0.303. The third-order valence-electron chi connectivity index (χ3n) is 3.04. The van der Waals surface area contributed by atoms with Crippen molar-refractivity contribution in [3.8, 4) is 11.5 Å². The maximum Gasteiger partial charge on any atom is 0.231 e. The Morgan fingerprint density at radius 2 is 1.48 bits per heavy atom. The van der Waals surface area contributed by atoms with Gasteiger partial charge in [0, 0.05) is 6.54 Å². The average molecular weight is 313 g/mol. The highest BCUT2D eigenvalue weighted by Gasteiger charge is 2.12. The number of benzene rings is 2. The minimum absolute atomic E-state index is 0.0350. The van der Waals surface area contributed by atoms with E-state index in [9.17, 15) is 9.59 Å². The van der Waals surface area contributed by atoms with Gasteiger partial charge in [-0.3, -0.25) is 14.5 Å². The molecule has 2 aromatic carbocycles. The fourth-order valence-corrected chi connectivity index (χ4v) is 2.20. The van der Waals surface area contributed by atoms with Crippen molar-refractivity contribution in [1.82, 2.24) is 4.90 Å². The van der Waals surface area contributed by atoms with Gasteiger partial charge in [0.15, 0.2) is 0 Å². The van der Waals surface area contributed by atoms with Crippen LogP contribution in [0.25, 0.3) is 0 Å². The molecule has 0 atom stereocenters. The van der Waals surface area contributed by atoms with Crippen LogP contribution in [-0.2, 0) is 16.1 Å². The molecule has 4 N–H and O–H groups in total. The van der Waals surface area contributed by atoms with Crippen LogP contribution in [0.4, 0.5) is 0 Å². The molecule has 0 radical (unpaired) electrons. The second kappa shape index (κ2) is 7.95. The minimum Gasteiger partial charge on any atom is -0.457 e. The van der Waals surface area contributed by atoms with E-state index in [1.54, 1.807) is 4.90 Å². The van der Waals surface area contributed by atoms with Crippen molar-refractivity contribution < 1.29 is 14.3 Å². The molecule has 0 spiro atoms. The van der Waals surface area contributed by atoms with Gasteiger partial charge >= 0.3 is 0 Å². The summed E-state index contributed by atoms with van der Waals surface area (Å²) in [7, 11) is 0. The third kappa shape index (κ3) is 5.80. The maximum absolute atomic E-state index is 11.1. The SMILES string of the molecule is NC(=O)CN(CC(N)=O)Cc1cccc(Oc2ccccc2)c1. The lowest BCUT2D eigenvalue weighted by Gasteiger charge is -2.19. The topological polar surface area (TPSA) is 98.7 Å². The summed E-state index contributed by atoms with van der Waals surface area (Å²) in [5.41, 5.74) is 11.3. The highest BCUT2D eigenvalue weighted by Crippen LogP contribution is 2.22. The van der Waals surface area contributed by atoms with E-state index in [1.165, 1.54) is 0 Å². The van der Waals surface area contributed by atoms with Gasteiger partial charge in [0.1, 0.15) is 11.5 Å². The zero-order chi connectivity index (χ0) is 16.7. The van der Waals surface area contributed by atoms with Crippen LogP contribution in [-0.4, -0.2) is 29.8 Å². The van der Waals surface area contributed by atoms with E-state index >= 15 is 0 Å². The summed E-state index contributed by atoms with van der Waals surface area (Å²) in [6.07, 6.45) is 0. The number of nitrogens with two attached hydrogens (primary N) is 2. The number of hydrogen-bond donors (Lipinski definition) is 2. The van der Waals surface area contributed by atoms with Gasteiger partial charge in [0.2, 0.25) is 11.8 Å². The molecular weight excluding hydrogens is 294 g/mol. The molecule has 23 heavy (non-hydrogen) atoms. The van der Waals surface area contributed by atoms with Crippen LogP contribution in [0.1, 0.15) is 5.56 Å². The maximum atomic E-state index is 11.1. The lowest BCUT2D eigenvalue weighted by atomic mass is 10.2. The van der Waals surface area contributed by atoms with Gasteiger partial charge in [-0.25, -0.2) is 0 Å². The molecule has 2 rings (SSSR count). The van der Waals surface area contributed by atoms with Crippen LogP contribution < -0.4 is 16.2 Å². The smallest absolute Gasteiger partial charge is 0.231 e. The molecule has 0 saturated carbocycles. The van der Waals surface area contributed by atoms with Gasteiger partial charge in [-0.05, 0) is 29.8 Å². The van der Waals surface area contributed by atoms with Crippen LogP contribution in [0.15, 0.2) is 54.6 Å². The predicted octanol–water partition coefficient (Wildman–Crippen LogP) is 1.25. The molecule has 2 aromatic rings. The molecule has 0 unspecified atom stereocenters. The Hall–Kier alpha value is -2.86. The van der Waals surface area contributed by atoms with E-state index in [-0.39, 0.29) is 13.1 Å². The Morgan fingerprint density at radius 3 is 2.09 bits per heavy atom. The summed E-state index contributed by atoms with van der Waals surface area (Å²) in [4.78, 5) is 23.8. The third-order valence-corrected chi connectivity index (χ3v) is 3.04. The highest BCUT2D eigenvalue weighted by molar-refractivity contribution is 5.79. The number of amides is 2. The highest BCUT2D eigenvalue weighted by atomic mass is 16.5. The van der Waals surface area contributed by atoms with E-state index in [0.29, 0.717) is 12.3 Å². The molecule has 6 heteroatoms. The average Bonchev–Trinajstić information content (AvgIpc) is 2.47. The van der Waals surface area contributed by atoms with Crippen molar-refractivity contribution in [3.05, 3.63) is 60.2 Å². The van der Waals surface area contributed by atoms with E-state index < -0.39 is 11.8 Å². The molecule has 0 bridgehead atoms. The zero-order valence-electron chi connectivity index (χ0n) is 12.6. The Labute approximate surface area is 134 Å². The number of para-hydroxylation sites is 1. The number of primary amides is 2. The molecule has 0 aliphatic heterocycles. The zero-order valence-corrected chi connectivity index (χ0v) is 12.6. The summed E-state index contributed by atoms with van der Waals surface area (Å²) in [5.74, 6) is 0.383. The Morgan fingerprint density at radius 1 is 0.870 bits per heavy atom. The van der Waals surface area contributed by atoms with E-state index in [2.05, 4.69) is 0 Å². The molecule has 120 valence electrons. The molecule has 0 saturated heterocycles. The minimum atomic E-state index is -0.511. The molecule has 2 amide bonds. The van der Waals surface area contributed by atoms with E-state index in [4.69, 9.17) is 16.2 Å². The van der Waals surface area contributed by atoms with Crippen molar-refractivity contribution in [2.75, 3.05) is 13.1 Å². The lowest BCUT2D eigenvalue weighted by molar-refractivity contribution is -0.122. The second-order valence-electron chi connectivity index (χ2n) is 5.14. The Bertz CT molecular complexity index is 658. The summed E-state index contributed by atoms with van der Waals surface area (Å²) in [5, 5.41) is 0. The first-order chi connectivity index (χ1) is 11.0. The van der Waals surface area contributed by atoms with Crippen LogP contribution in [0.3, 0.4) is 0 Å². The molecular formula is C17H19N3O3. The van der Waals surface area contributed by atoms with E-state index in [1.807, 2.05) is 54.6 Å². The van der Waals surface area contributed by atoms with Crippen LogP contribution in [0.5, 0.6) is 11.5 Å². The summed E-state index contributed by atoms with van der Waals surface area (Å²) < 4.78 is 5.76. The van der Waals surface area contributed by atoms with E-state index in [0.717, 1.165) is 11.3 Å². The van der Waals surface area contributed by atoms with Crippen molar-refractivity contribution in [1.29, 1.82) is 0 Å². The Balaban J connectivity index is 2.08. The molecule has 0 aliphatic carbocycles. The lowest BCUT2D eigenvalue weighted by Crippen LogP contribution is -2.39. The first-order valence-corrected chi connectivity index (χ1v) is 7.14. The number of nitrogens with zero attached hydrogens (tertiary/aromatic N) is 1. The standard InChI is InChI=1S/C17H19N3O3/c18-16(21)11-20(12-17(19)22)10-13-5-4-8-15(9-13)23-14-6-2-1-3-7-14/h1-9H,10-12H2,(H2,18,21)(H2,19,22). The van der Waals surface area contributed by atoms with Crippen molar-refractivity contribution >= 4 is 11.8 Å². The van der Waals surface area contributed by atoms with Crippen molar-refractivity contribution in [2.24, 2.45) is 11.5 Å². The summed E-state index contributed by atoms with van der Waals surface area (Å²) >= 11 is 0. The molecule has 0 heterocycles. The Kier molecular flexibility index (Phi) is 5.71. The van der Waals surface area contributed by atoms with Crippen molar-refractivity contribution in [3.63, 3.8) is 0 Å². The normalized spacial score (nSPS) is 10.5. The summed E-state index contributed by atoms with van der Waals surface area (Å²) in [6, 6.07) is 16.8. The largest absolute Gasteiger partial charge is 0.457 e. The molecule has 0 aromatic heterocycles. The number of carbonyl (C=O) groups is 2. The van der Waals surface area contributed by atoms with Gasteiger partial charge in [-0.15, -0.1) is 0 Å². The first kappa shape index (κ1) is 16.5. The quantitative estimate of drug-likeness (QED) is 0.766. The first-order valence-electron chi connectivity index (χ1n) is 7.14. The fourth-order valence-electron chi connectivity index (χ4n) is 2.20. The number of rotatable bonds is 8. The van der Waals surface area contributed by atoms with Crippen LogP contribution >= 0.6 is 0 Å². The number of carbonyl (C=O) groups excluding carboxylic acids is 2. The van der Waals surface area contributed by atoms with Gasteiger partial charge in [0.05, 0.1) is 13.1 Å². The fraction of sp³-hybridized carbons (Fsp3) is 0.176. The van der Waals surface area contributed by atoms with Gasteiger partial charge in [-0.2, -0.15) is 0 Å².